The van der Waals surface area contributed by atoms with Crippen LogP contribution in [0.2, 0.25) is 5.28 Å². The number of halogens is 1. The van der Waals surface area contributed by atoms with E-state index >= 15 is 0 Å². The number of nitrogens with one attached hydrogen (secondary N) is 1. The van der Waals surface area contributed by atoms with Gasteiger partial charge in [0, 0.05) is 11.9 Å². The van der Waals surface area contributed by atoms with Gasteiger partial charge in [0.25, 0.3) is 0 Å². The van der Waals surface area contributed by atoms with Crippen molar-refractivity contribution in [3.63, 3.8) is 0 Å². The van der Waals surface area contributed by atoms with Crippen molar-refractivity contribution in [3.8, 4) is 0 Å². The number of aromatic nitrogens is 2. The summed E-state index contributed by atoms with van der Waals surface area (Å²) in [6, 6.07) is 0. The first-order chi connectivity index (χ1) is 5.18. The van der Waals surface area contributed by atoms with Crippen LogP contribution in [0.3, 0.4) is 0 Å². The molecule has 1 aromatic heterocycles. The maximum atomic E-state index is 10.1. The zero-order chi connectivity index (χ0) is 8.27. The van der Waals surface area contributed by atoms with Crippen molar-refractivity contribution in [3.05, 3.63) is 17.2 Å². The highest BCUT2D eigenvalue weighted by Crippen LogP contribution is 2.04. The quantitative estimate of drug-likeness (QED) is 0.721. The summed E-state index contributed by atoms with van der Waals surface area (Å²) in [6.07, 6.45) is 2.07. The van der Waals surface area contributed by atoms with Gasteiger partial charge in [0.2, 0.25) is 0 Å². The smallest absolute Gasteiger partial charge is 0.303 e. The molecule has 0 amide bonds. The van der Waals surface area contributed by atoms with Gasteiger partial charge in [-0.3, -0.25) is 4.79 Å². The summed E-state index contributed by atoms with van der Waals surface area (Å²) in [4.78, 5) is 16.5. The van der Waals surface area contributed by atoms with Gasteiger partial charge in [-0.15, -0.1) is 0 Å². The summed E-state index contributed by atoms with van der Waals surface area (Å²) < 4.78 is 0. The standard InChI is InChI=1S/C6H7ClN2O2/c7-6-8-3-4(9-6)1-2-5(10)11/h3H,1-2H2,(H,8,9)(H,10,11). The van der Waals surface area contributed by atoms with E-state index in [-0.39, 0.29) is 6.42 Å². The van der Waals surface area contributed by atoms with Crippen LogP contribution in [0.25, 0.3) is 0 Å². The molecule has 0 saturated heterocycles. The number of aryl methyl sites for hydroxylation is 1. The van der Waals surface area contributed by atoms with Crippen LogP contribution < -0.4 is 0 Å². The van der Waals surface area contributed by atoms with Gasteiger partial charge in [0.1, 0.15) is 0 Å². The van der Waals surface area contributed by atoms with Gasteiger partial charge < -0.3 is 10.1 Å². The number of imidazole rings is 1. The molecule has 0 radical (unpaired) electrons. The van der Waals surface area contributed by atoms with E-state index in [2.05, 4.69) is 9.97 Å². The molecule has 0 spiro atoms. The predicted octanol–water partition coefficient (Wildman–Crippen LogP) is 1.08. The van der Waals surface area contributed by atoms with Crippen molar-refractivity contribution in [1.29, 1.82) is 0 Å². The van der Waals surface area contributed by atoms with Gasteiger partial charge >= 0.3 is 5.97 Å². The Labute approximate surface area is 68.2 Å². The fourth-order valence-corrected chi connectivity index (χ4v) is 0.870. The molecular formula is C6H7ClN2O2. The van der Waals surface area contributed by atoms with Crippen LogP contribution in [0.1, 0.15) is 12.1 Å². The highest BCUT2D eigenvalue weighted by atomic mass is 35.5. The van der Waals surface area contributed by atoms with E-state index in [1.807, 2.05) is 0 Å². The van der Waals surface area contributed by atoms with Crippen LogP contribution in [0, 0.1) is 0 Å². The lowest BCUT2D eigenvalue weighted by molar-refractivity contribution is -0.136. The third-order valence-corrected chi connectivity index (χ3v) is 1.40. The number of aromatic amines is 1. The van der Waals surface area contributed by atoms with Crippen molar-refractivity contribution < 1.29 is 9.90 Å². The van der Waals surface area contributed by atoms with E-state index in [9.17, 15) is 4.79 Å². The molecule has 0 saturated carbocycles. The molecule has 1 rings (SSSR count). The second-order valence-corrected chi connectivity index (χ2v) is 2.45. The van der Waals surface area contributed by atoms with Gasteiger partial charge in [-0.2, -0.15) is 0 Å². The average Bonchev–Trinajstić information content (AvgIpc) is 2.31. The minimum Gasteiger partial charge on any atom is -0.481 e. The second kappa shape index (κ2) is 3.39. The minimum atomic E-state index is -0.823. The molecular weight excluding hydrogens is 168 g/mol. The van der Waals surface area contributed by atoms with Crippen LogP contribution >= 0.6 is 11.6 Å². The fraction of sp³-hybridized carbons (Fsp3) is 0.333. The lowest BCUT2D eigenvalue weighted by Gasteiger charge is -1.90. The van der Waals surface area contributed by atoms with Crippen LogP contribution in [-0.4, -0.2) is 21.0 Å². The first-order valence-corrected chi connectivity index (χ1v) is 3.47. The molecule has 60 valence electrons. The van der Waals surface area contributed by atoms with Crippen LogP contribution in [0.5, 0.6) is 0 Å². The van der Waals surface area contributed by atoms with E-state index in [4.69, 9.17) is 16.7 Å². The van der Waals surface area contributed by atoms with Gasteiger partial charge in [-0.25, -0.2) is 4.98 Å². The highest BCUT2D eigenvalue weighted by molar-refractivity contribution is 6.28. The van der Waals surface area contributed by atoms with Gasteiger partial charge in [-0.05, 0) is 18.0 Å². The van der Waals surface area contributed by atoms with E-state index in [1.165, 1.54) is 6.20 Å². The number of carboxylic acids is 1. The molecule has 0 aliphatic rings. The summed E-state index contributed by atoms with van der Waals surface area (Å²) in [5.41, 5.74) is 0.748. The summed E-state index contributed by atoms with van der Waals surface area (Å²) in [5, 5.41) is 8.61. The van der Waals surface area contributed by atoms with Gasteiger partial charge in [-0.1, -0.05) is 0 Å². The molecule has 0 aliphatic carbocycles. The summed E-state index contributed by atoms with van der Waals surface area (Å²) in [6.45, 7) is 0. The number of aliphatic carboxylic acids is 1. The Balaban J connectivity index is 2.45. The molecule has 1 heterocycles. The number of rotatable bonds is 3. The van der Waals surface area contributed by atoms with E-state index < -0.39 is 5.97 Å². The molecule has 0 unspecified atom stereocenters. The topological polar surface area (TPSA) is 66.0 Å². The zero-order valence-corrected chi connectivity index (χ0v) is 6.43. The lowest BCUT2D eigenvalue weighted by atomic mass is 10.2. The predicted molar refractivity (Wildman–Crippen MR) is 39.6 cm³/mol. The third-order valence-electron chi connectivity index (χ3n) is 1.21. The molecule has 11 heavy (non-hydrogen) atoms. The Bertz CT molecular complexity index is 259. The van der Waals surface area contributed by atoms with Crippen molar-refractivity contribution in [2.24, 2.45) is 0 Å². The number of carbonyl (C=O) groups is 1. The number of hydrogen-bond acceptors (Lipinski definition) is 2. The van der Waals surface area contributed by atoms with Gasteiger partial charge in [0.05, 0.1) is 6.42 Å². The maximum Gasteiger partial charge on any atom is 0.303 e. The van der Waals surface area contributed by atoms with Crippen LogP contribution in [0.15, 0.2) is 6.20 Å². The molecule has 0 atom stereocenters. The molecule has 0 aliphatic heterocycles. The van der Waals surface area contributed by atoms with E-state index in [0.29, 0.717) is 11.7 Å². The van der Waals surface area contributed by atoms with E-state index in [0.717, 1.165) is 5.69 Å². The van der Waals surface area contributed by atoms with E-state index in [1.54, 1.807) is 0 Å². The normalized spacial score (nSPS) is 9.91. The summed E-state index contributed by atoms with van der Waals surface area (Å²) in [5.74, 6) is -0.823. The molecule has 0 fully saturated rings. The molecule has 0 bridgehead atoms. The molecule has 2 N–H and O–H groups in total. The molecule has 4 nitrogen and oxygen atoms in total. The first kappa shape index (κ1) is 8.07. The Morgan fingerprint density at radius 2 is 2.55 bits per heavy atom. The van der Waals surface area contributed by atoms with Crippen molar-refractivity contribution in [2.45, 2.75) is 12.8 Å². The van der Waals surface area contributed by atoms with Crippen molar-refractivity contribution in [1.82, 2.24) is 9.97 Å². The number of hydrogen-bond donors (Lipinski definition) is 2. The molecule has 0 aromatic carbocycles. The fourth-order valence-electron chi connectivity index (χ4n) is 0.700. The summed E-state index contributed by atoms with van der Waals surface area (Å²) >= 11 is 5.46. The Morgan fingerprint density at radius 3 is 3.00 bits per heavy atom. The lowest BCUT2D eigenvalue weighted by Crippen LogP contribution is -1.97. The average molecular weight is 175 g/mol. The Morgan fingerprint density at radius 1 is 1.82 bits per heavy atom. The number of carboxylic acid groups (broad SMARTS) is 1. The largest absolute Gasteiger partial charge is 0.481 e. The molecule has 1 aromatic rings. The van der Waals surface area contributed by atoms with Crippen molar-refractivity contribution in [2.75, 3.05) is 0 Å². The monoisotopic (exact) mass is 174 g/mol. The van der Waals surface area contributed by atoms with Crippen molar-refractivity contribution >= 4 is 17.6 Å². The zero-order valence-electron chi connectivity index (χ0n) is 5.67. The highest BCUT2D eigenvalue weighted by Gasteiger charge is 2.00. The van der Waals surface area contributed by atoms with Crippen LogP contribution in [-0.2, 0) is 11.2 Å². The SMILES string of the molecule is O=C(O)CCc1cnc(Cl)[nH]1. The second-order valence-electron chi connectivity index (χ2n) is 2.09. The third kappa shape index (κ3) is 2.59. The Hall–Kier alpha value is -1.03. The Kier molecular flexibility index (Phi) is 2.48. The van der Waals surface area contributed by atoms with Crippen LogP contribution in [0.4, 0.5) is 0 Å². The number of H-pyrrole nitrogens is 1. The number of nitrogens with zero attached hydrogens (tertiary/aromatic N) is 1. The molecule has 5 heteroatoms. The van der Waals surface area contributed by atoms with Gasteiger partial charge in [0.15, 0.2) is 5.28 Å². The minimum absolute atomic E-state index is 0.0958. The summed E-state index contributed by atoms with van der Waals surface area (Å²) in [7, 11) is 0. The first-order valence-electron chi connectivity index (χ1n) is 3.09. The maximum absolute atomic E-state index is 10.1.